The maximum absolute atomic E-state index is 10.9. The average Bonchev–Trinajstić information content (AvgIpc) is 2.46. The topological polar surface area (TPSA) is 35.5 Å². The fraction of sp³-hybridized carbons (Fsp3) is 0.188. The SMILES string of the molecule is Cc1ccc(OCCOc2ccccc2)c(C=O)c1. The lowest BCUT2D eigenvalue weighted by molar-refractivity contribution is 0.111. The third-order valence-corrected chi connectivity index (χ3v) is 2.65. The molecule has 0 radical (unpaired) electrons. The first-order chi connectivity index (χ1) is 9.29. The molecule has 2 aromatic rings. The molecule has 0 fully saturated rings. The van der Waals surface area contributed by atoms with Crippen molar-refractivity contribution in [3.63, 3.8) is 0 Å². The molecular weight excluding hydrogens is 240 g/mol. The highest BCUT2D eigenvalue weighted by Gasteiger charge is 2.03. The molecule has 0 saturated carbocycles. The molecule has 98 valence electrons. The highest BCUT2D eigenvalue weighted by molar-refractivity contribution is 5.79. The number of rotatable bonds is 6. The number of carbonyl (C=O) groups is 1. The lowest BCUT2D eigenvalue weighted by atomic mass is 10.1. The first-order valence-electron chi connectivity index (χ1n) is 6.16. The van der Waals surface area contributed by atoms with Gasteiger partial charge in [0.25, 0.3) is 0 Å². The number of aldehydes is 1. The molecule has 0 saturated heterocycles. The number of carbonyl (C=O) groups excluding carboxylic acids is 1. The largest absolute Gasteiger partial charge is 0.490 e. The highest BCUT2D eigenvalue weighted by Crippen LogP contribution is 2.18. The lowest BCUT2D eigenvalue weighted by Crippen LogP contribution is -2.09. The molecule has 0 aliphatic carbocycles. The predicted molar refractivity (Wildman–Crippen MR) is 74.0 cm³/mol. The molecule has 0 aliphatic rings. The summed E-state index contributed by atoms with van der Waals surface area (Å²) >= 11 is 0. The van der Waals surface area contributed by atoms with E-state index in [-0.39, 0.29) is 0 Å². The summed E-state index contributed by atoms with van der Waals surface area (Å²) in [6.45, 7) is 2.78. The van der Waals surface area contributed by atoms with Crippen LogP contribution in [0.5, 0.6) is 11.5 Å². The van der Waals surface area contributed by atoms with Crippen LogP contribution in [0.3, 0.4) is 0 Å². The Labute approximate surface area is 112 Å². The fourth-order valence-electron chi connectivity index (χ4n) is 1.72. The van der Waals surface area contributed by atoms with Gasteiger partial charge in [-0.1, -0.05) is 29.8 Å². The van der Waals surface area contributed by atoms with Gasteiger partial charge in [0.15, 0.2) is 6.29 Å². The van der Waals surface area contributed by atoms with Gasteiger partial charge < -0.3 is 9.47 Å². The maximum Gasteiger partial charge on any atom is 0.153 e. The van der Waals surface area contributed by atoms with Crippen molar-refractivity contribution >= 4 is 6.29 Å². The number of benzene rings is 2. The Bertz CT molecular complexity index is 535. The van der Waals surface area contributed by atoms with Crippen molar-refractivity contribution in [3.05, 3.63) is 59.7 Å². The van der Waals surface area contributed by atoms with Crippen molar-refractivity contribution in [2.45, 2.75) is 6.92 Å². The van der Waals surface area contributed by atoms with E-state index < -0.39 is 0 Å². The third-order valence-electron chi connectivity index (χ3n) is 2.65. The summed E-state index contributed by atoms with van der Waals surface area (Å²) in [7, 11) is 0. The first-order valence-corrected chi connectivity index (χ1v) is 6.16. The van der Waals surface area contributed by atoms with E-state index in [2.05, 4.69) is 0 Å². The minimum atomic E-state index is 0.402. The van der Waals surface area contributed by atoms with E-state index in [1.165, 1.54) is 0 Å². The summed E-state index contributed by atoms with van der Waals surface area (Å²) in [4.78, 5) is 10.9. The van der Waals surface area contributed by atoms with Crippen molar-refractivity contribution < 1.29 is 14.3 Å². The molecule has 0 heterocycles. The molecule has 0 unspecified atom stereocenters. The van der Waals surface area contributed by atoms with E-state index in [1.807, 2.05) is 49.4 Å². The molecule has 2 rings (SSSR count). The molecule has 0 spiro atoms. The van der Waals surface area contributed by atoms with Crippen LogP contribution in [0.4, 0.5) is 0 Å². The minimum Gasteiger partial charge on any atom is -0.490 e. The molecule has 0 aromatic heterocycles. The molecule has 0 aliphatic heterocycles. The maximum atomic E-state index is 10.9. The monoisotopic (exact) mass is 256 g/mol. The Hall–Kier alpha value is -2.29. The van der Waals surface area contributed by atoms with Crippen LogP contribution in [-0.4, -0.2) is 19.5 Å². The van der Waals surface area contributed by atoms with Gasteiger partial charge in [-0.15, -0.1) is 0 Å². The van der Waals surface area contributed by atoms with Crippen LogP contribution in [0.1, 0.15) is 15.9 Å². The van der Waals surface area contributed by atoms with Crippen molar-refractivity contribution in [2.24, 2.45) is 0 Å². The zero-order valence-electron chi connectivity index (χ0n) is 10.8. The molecule has 19 heavy (non-hydrogen) atoms. The second-order valence-electron chi connectivity index (χ2n) is 4.17. The molecule has 3 heteroatoms. The van der Waals surface area contributed by atoms with Crippen LogP contribution in [0, 0.1) is 6.92 Å². The van der Waals surface area contributed by atoms with Gasteiger partial charge in [0.05, 0.1) is 5.56 Å². The average molecular weight is 256 g/mol. The van der Waals surface area contributed by atoms with E-state index in [1.54, 1.807) is 6.07 Å². The Morgan fingerprint density at radius 2 is 1.74 bits per heavy atom. The van der Waals surface area contributed by atoms with Gasteiger partial charge in [0.2, 0.25) is 0 Å². The molecule has 0 amide bonds. The number of aryl methyl sites for hydroxylation is 1. The number of hydrogen-bond acceptors (Lipinski definition) is 3. The van der Waals surface area contributed by atoms with Crippen LogP contribution in [0.2, 0.25) is 0 Å². The van der Waals surface area contributed by atoms with E-state index in [4.69, 9.17) is 9.47 Å². The van der Waals surface area contributed by atoms with Crippen LogP contribution >= 0.6 is 0 Å². The zero-order valence-corrected chi connectivity index (χ0v) is 10.8. The van der Waals surface area contributed by atoms with E-state index >= 15 is 0 Å². The Morgan fingerprint density at radius 1 is 1.00 bits per heavy atom. The zero-order chi connectivity index (χ0) is 13.5. The number of para-hydroxylation sites is 1. The highest BCUT2D eigenvalue weighted by atomic mass is 16.5. The summed E-state index contributed by atoms with van der Waals surface area (Å²) in [6, 6.07) is 15.1. The van der Waals surface area contributed by atoms with E-state index in [0.29, 0.717) is 24.5 Å². The van der Waals surface area contributed by atoms with E-state index in [9.17, 15) is 4.79 Å². The van der Waals surface area contributed by atoms with Gasteiger partial charge in [0.1, 0.15) is 24.7 Å². The van der Waals surface area contributed by atoms with Crippen LogP contribution < -0.4 is 9.47 Å². The Kier molecular flexibility index (Phi) is 4.56. The molecule has 0 bridgehead atoms. The molecule has 2 aromatic carbocycles. The summed E-state index contributed by atoms with van der Waals surface area (Å²) in [6.07, 6.45) is 0.806. The second kappa shape index (κ2) is 6.59. The summed E-state index contributed by atoms with van der Waals surface area (Å²) in [5.41, 5.74) is 1.61. The van der Waals surface area contributed by atoms with Gasteiger partial charge in [-0.2, -0.15) is 0 Å². The molecular formula is C16H16O3. The molecule has 0 N–H and O–H groups in total. The van der Waals surface area contributed by atoms with Crippen molar-refractivity contribution in [3.8, 4) is 11.5 Å². The van der Waals surface area contributed by atoms with Gasteiger partial charge in [-0.3, -0.25) is 4.79 Å². The number of ether oxygens (including phenoxy) is 2. The van der Waals surface area contributed by atoms with Crippen molar-refractivity contribution in [1.82, 2.24) is 0 Å². The van der Waals surface area contributed by atoms with Gasteiger partial charge in [-0.05, 0) is 31.2 Å². The quantitative estimate of drug-likeness (QED) is 0.588. The first kappa shape index (κ1) is 13.1. The smallest absolute Gasteiger partial charge is 0.153 e. The summed E-state index contributed by atoms with van der Waals surface area (Å²) in [5.74, 6) is 1.41. The van der Waals surface area contributed by atoms with Crippen LogP contribution in [0.25, 0.3) is 0 Å². The summed E-state index contributed by atoms with van der Waals surface area (Å²) < 4.78 is 11.1. The minimum absolute atomic E-state index is 0.402. The van der Waals surface area contributed by atoms with Crippen molar-refractivity contribution in [1.29, 1.82) is 0 Å². The standard InChI is InChI=1S/C16H16O3/c1-13-7-8-16(14(11-13)12-17)19-10-9-18-15-5-3-2-4-6-15/h2-8,11-12H,9-10H2,1H3. The van der Waals surface area contributed by atoms with Gasteiger partial charge >= 0.3 is 0 Å². The normalized spacial score (nSPS) is 9.95. The Balaban J connectivity index is 1.84. The van der Waals surface area contributed by atoms with Crippen LogP contribution in [-0.2, 0) is 0 Å². The van der Waals surface area contributed by atoms with E-state index in [0.717, 1.165) is 17.6 Å². The number of hydrogen-bond donors (Lipinski definition) is 0. The Morgan fingerprint density at radius 3 is 2.47 bits per heavy atom. The predicted octanol–water partition coefficient (Wildman–Crippen LogP) is 3.27. The molecule has 0 atom stereocenters. The lowest BCUT2D eigenvalue weighted by Gasteiger charge is -2.10. The van der Waals surface area contributed by atoms with Gasteiger partial charge in [-0.25, -0.2) is 0 Å². The van der Waals surface area contributed by atoms with Gasteiger partial charge in [0, 0.05) is 0 Å². The second-order valence-corrected chi connectivity index (χ2v) is 4.17. The van der Waals surface area contributed by atoms with Crippen molar-refractivity contribution in [2.75, 3.05) is 13.2 Å². The summed E-state index contributed by atoms with van der Waals surface area (Å²) in [5, 5.41) is 0. The fourth-order valence-corrected chi connectivity index (χ4v) is 1.72. The molecule has 3 nitrogen and oxygen atoms in total. The third kappa shape index (κ3) is 3.85. The van der Waals surface area contributed by atoms with Crippen LogP contribution in [0.15, 0.2) is 48.5 Å².